The summed E-state index contributed by atoms with van der Waals surface area (Å²) in [5.41, 5.74) is 5.73. The van der Waals surface area contributed by atoms with Crippen molar-refractivity contribution < 1.29 is 9.53 Å². The second-order valence-corrected chi connectivity index (χ2v) is 5.91. The van der Waals surface area contributed by atoms with Crippen LogP contribution in [0, 0.1) is 16.7 Å². The Labute approximate surface area is 124 Å². The Morgan fingerprint density at radius 1 is 1.67 bits per heavy atom. The lowest BCUT2D eigenvalue weighted by atomic mass is 9.96. The minimum Gasteiger partial charge on any atom is -0.396 e. The first kappa shape index (κ1) is 15.3. The maximum atomic E-state index is 12.1. The number of anilines is 1. The molecule has 1 aromatic heterocycles. The minimum atomic E-state index is -0.626. The summed E-state index contributed by atoms with van der Waals surface area (Å²) in [6.45, 7) is 4.45. The molecule has 0 saturated carbocycles. The summed E-state index contributed by atoms with van der Waals surface area (Å²) in [6.07, 6.45) is 4.45. The van der Waals surface area contributed by atoms with E-state index < -0.39 is 5.41 Å². The van der Waals surface area contributed by atoms with Gasteiger partial charge in [-0.1, -0.05) is 0 Å². The number of nitrogens with one attached hydrogen (secondary N) is 1. The number of nitrogens with two attached hydrogens (primary N) is 1. The summed E-state index contributed by atoms with van der Waals surface area (Å²) in [4.78, 5) is 12.1. The molecular weight excluding hydrogens is 270 g/mol. The number of hydrogen-bond donors (Lipinski definition) is 2. The molecule has 0 spiro atoms. The van der Waals surface area contributed by atoms with Crippen molar-refractivity contribution >= 4 is 11.6 Å². The Bertz CT molecular complexity index is 552. The summed E-state index contributed by atoms with van der Waals surface area (Å²) >= 11 is 0. The number of nitrogens with zero attached hydrogens (tertiary/aromatic N) is 3. The van der Waals surface area contributed by atoms with Crippen LogP contribution in [-0.2, 0) is 4.74 Å². The number of nitriles is 1. The molecule has 1 unspecified atom stereocenters. The lowest BCUT2D eigenvalue weighted by molar-refractivity contribution is -0.0395. The van der Waals surface area contributed by atoms with Gasteiger partial charge < -0.3 is 15.8 Å². The van der Waals surface area contributed by atoms with Crippen LogP contribution in [0.3, 0.4) is 0 Å². The van der Waals surface area contributed by atoms with Gasteiger partial charge in [0, 0.05) is 13.2 Å². The summed E-state index contributed by atoms with van der Waals surface area (Å²) in [5, 5.41) is 15.9. The molecule has 0 aliphatic carbocycles. The molecular formula is C14H21N5O2. The van der Waals surface area contributed by atoms with Crippen LogP contribution in [0.25, 0.3) is 0 Å². The fourth-order valence-corrected chi connectivity index (χ4v) is 2.09. The fourth-order valence-electron chi connectivity index (χ4n) is 2.09. The highest BCUT2D eigenvalue weighted by Crippen LogP contribution is 2.23. The van der Waals surface area contributed by atoms with Crippen LogP contribution in [0.5, 0.6) is 0 Å². The summed E-state index contributed by atoms with van der Waals surface area (Å²) < 4.78 is 7.22. The lowest BCUT2D eigenvalue weighted by Crippen LogP contribution is -2.33. The van der Waals surface area contributed by atoms with Gasteiger partial charge in [-0.15, -0.1) is 0 Å². The second-order valence-electron chi connectivity index (χ2n) is 5.91. The quantitative estimate of drug-likeness (QED) is 0.873. The van der Waals surface area contributed by atoms with Gasteiger partial charge in [0.25, 0.3) is 5.91 Å². The molecule has 0 bridgehead atoms. The van der Waals surface area contributed by atoms with Crippen molar-refractivity contribution in [3.05, 3.63) is 11.9 Å². The molecule has 2 heterocycles. The molecule has 1 atom stereocenters. The molecule has 1 aromatic rings. The molecule has 114 valence electrons. The third-order valence-corrected chi connectivity index (χ3v) is 3.42. The Morgan fingerprint density at radius 3 is 3.05 bits per heavy atom. The molecule has 1 aliphatic heterocycles. The Hall–Kier alpha value is -2.07. The zero-order chi connectivity index (χ0) is 15.5. The van der Waals surface area contributed by atoms with E-state index in [2.05, 4.69) is 16.5 Å². The number of hydrogen-bond acceptors (Lipinski definition) is 5. The molecule has 1 saturated heterocycles. The van der Waals surface area contributed by atoms with E-state index in [1.165, 1.54) is 0 Å². The van der Waals surface area contributed by atoms with E-state index >= 15 is 0 Å². The third kappa shape index (κ3) is 3.73. The van der Waals surface area contributed by atoms with E-state index in [0.717, 1.165) is 19.3 Å². The van der Waals surface area contributed by atoms with Gasteiger partial charge >= 0.3 is 0 Å². The van der Waals surface area contributed by atoms with Crippen LogP contribution in [0.2, 0.25) is 0 Å². The molecule has 0 aromatic carbocycles. The molecule has 0 radical (unpaired) electrons. The normalized spacial score (nSPS) is 19.0. The summed E-state index contributed by atoms with van der Waals surface area (Å²) in [6, 6.07) is 2.13. The van der Waals surface area contributed by atoms with Gasteiger partial charge in [-0.25, -0.2) is 4.68 Å². The van der Waals surface area contributed by atoms with Crippen molar-refractivity contribution in [2.75, 3.05) is 18.9 Å². The molecule has 1 fully saturated rings. The lowest BCUT2D eigenvalue weighted by Gasteiger charge is -2.22. The van der Waals surface area contributed by atoms with E-state index in [-0.39, 0.29) is 24.4 Å². The van der Waals surface area contributed by atoms with Gasteiger partial charge in [-0.3, -0.25) is 4.79 Å². The van der Waals surface area contributed by atoms with Gasteiger partial charge in [-0.2, -0.15) is 10.4 Å². The molecule has 1 aliphatic rings. The highest BCUT2D eigenvalue weighted by Gasteiger charge is 2.23. The van der Waals surface area contributed by atoms with Gasteiger partial charge in [0.05, 0.1) is 23.4 Å². The largest absolute Gasteiger partial charge is 0.396 e. The number of carbonyl (C=O) groups is 1. The number of aromatic nitrogens is 2. The van der Waals surface area contributed by atoms with E-state index in [1.807, 2.05) is 0 Å². The average Bonchev–Trinajstić information content (AvgIpc) is 2.88. The maximum absolute atomic E-state index is 12.1. The Kier molecular flexibility index (Phi) is 4.48. The van der Waals surface area contributed by atoms with Crippen LogP contribution < -0.4 is 11.1 Å². The van der Waals surface area contributed by atoms with E-state index in [1.54, 1.807) is 24.7 Å². The molecule has 7 nitrogen and oxygen atoms in total. The number of amides is 1. The first-order valence-electron chi connectivity index (χ1n) is 7.08. The predicted molar refractivity (Wildman–Crippen MR) is 77.2 cm³/mol. The van der Waals surface area contributed by atoms with Crippen molar-refractivity contribution in [1.29, 1.82) is 5.26 Å². The number of rotatable bonds is 4. The SMILES string of the molecule is CC(C)(C#N)CNC(=O)c1nn(C2CCCCO2)cc1N. The highest BCUT2D eigenvalue weighted by molar-refractivity contribution is 5.97. The Balaban J connectivity index is 2.04. The van der Waals surface area contributed by atoms with Crippen LogP contribution in [-0.4, -0.2) is 28.8 Å². The van der Waals surface area contributed by atoms with Crippen molar-refractivity contribution in [2.24, 2.45) is 5.41 Å². The van der Waals surface area contributed by atoms with Crippen LogP contribution in [0.4, 0.5) is 5.69 Å². The van der Waals surface area contributed by atoms with E-state index in [0.29, 0.717) is 12.3 Å². The van der Waals surface area contributed by atoms with Crippen molar-refractivity contribution in [3.63, 3.8) is 0 Å². The smallest absolute Gasteiger partial charge is 0.273 e. The van der Waals surface area contributed by atoms with Gasteiger partial charge in [0.1, 0.15) is 6.23 Å². The summed E-state index contributed by atoms with van der Waals surface area (Å²) in [5.74, 6) is -0.370. The van der Waals surface area contributed by atoms with Crippen molar-refractivity contribution in [1.82, 2.24) is 15.1 Å². The van der Waals surface area contributed by atoms with E-state index in [9.17, 15) is 4.79 Å². The number of carbonyl (C=O) groups excluding carboxylic acids is 1. The minimum absolute atomic E-state index is 0.154. The monoisotopic (exact) mass is 291 g/mol. The zero-order valence-corrected chi connectivity index (χ0v) is 12.4. The zero-order valence-electron chi connectivity index (χ0n) is 12.4. The van der Waals surface area contributed by atoms with Gasteiger partial charge in [-0.05, 0) is 33.1 Å². The topological polar surface area (TPSA) is 106 Å². The molecule has 2 rings (SSSR count). The molecule has 3 N–H and O–H groups in total. The molecule has 21 heavy (non-hydrogen) atoms. The number of ether oxygens (including phenoxy) is 1. The first-order chi connectivity index (χ1) is 9.93. The maximum Gasteiger partial charge on any atom is 0.273 e. The van der Waals surface area contributed by atoms with Crippen LogP contribution in [0.1, 0.15) is 49.8 Å². The highest BCUT2D eigenvalue weighted by atomic mass is 16.5. The molecule has 1 amide bonds. The van der Waals surface area contributed by atoms with Gasteiger partial charge in [0.2, 0.25) is 0 Å². The van der Waals surface area contributed by atoms with Crippen LogP contribution >= 0.6 is 0 Å². The average molecular weight is 291 g/mol. The van der Waals surface area contributed by atoms with Gasteiger partial charge in [0.15, 0.2) is 5.69 Å². The summed E-state index contributed by atoms with van der Waals surface area (Å²) in [7, 11) is 0. The molecule has 7 heteroatoms. The standard InChI is InChI=1S/C14H21N5O2/c1-14(2,8-15)9-17-13(20)12-10(16)7-19(18-12)11-5-3-4-6-21-11/h7,11H,3-6,9,16H2,1-2H3,(H,17,20). The fraction of sp³-hybridized carbons (Fsp3) is 0.643. The van der Waals surface area contributed by atoms with Crippen molar-refractivity contribution in [3.8, 4) is 6.07 Å². The van der Waals surface area contributed by atoms with Crippen LogP contribution in [0.15, 0.2) is 6.20 Å². The first-order valence-corrected chi connectivity index (χ1v) is 7.08. The van der Waals surface area contributed by atoms with Crippen molar-refractivity contribution in [2.45, 2.75) is 39.3 Å². The predicted octanol–water partition coefficient (Wildman–Crippen LogP) is 1.44. The second kappa shape index (κ2) is 6.14. The Morgan fingerprint density at radius 2 is 2.43 bits per heavy atom. The van der Waals surface area contributed by atoms with E-state index in [4.69, 9.17) is 15.7 Å². The third-order valence-electron chi connectivity index (χ3n) is 3.42. The number of nitrogen functional groups attached to an aromatic ring is 1.